The number of aromatic nitrogens is 2. The van der Waals surface area contributed by atoms with Crippen molar-refractivity contribution < 1.29 is 0 Å². The van der Waals surface area contributed by atoms with Gasteiger partial charge in [-0.05, 0) is 51.5 Å². The topological polar surface area (TPSA) is 49.8 Å². The van der Waals surface area contributed by atoms with Gasteiger partial charge in [0.15, 0.2) is 0 Å². The monoisotopic (exact) mass is 334 g/mol. The molecule has 2 N–H and O–H groups in total. The predicted octanol–water partition coefficient (Wildman–Crippen LogP) is 4.34. The number of hydrogen-bond acceptors (Lipinski definition) is 4. The normalized spacial score (nSPS) is 10.4. The highest BCUT2D eigenvalue weighted by Gasteiger charge is 2.09. The highest BCUT2D eigenvalue weighted by Crippen LogP contribution is 2.26. The lowest BCUT2D eigenvalue weighted by atomic mass is 10.2. The van der Waals surface area contributed by atoms with Gasteiger partial charge in [-0.25, -0.2) is 9.97 Å². The molecule has 0 amide bonds. The lowest BCUT2D eigenvalue weighted by molar-refractivity contribution is 1.02. The summed E-state index contributed by atoms with van der Waals surface area (Å²) in [4.78, 5) is 8.92. The molecular weight excluding hydrogens is 316 g/mol. The van der Waals surface area contributed by atoms with Gasteiger partial charge in [0.2, 0.25) is 0 Å². The highest BCUT2D eigenvalue weighted by molar-refractivity contribution is 9.10. The minimum absolute atomic E-state index is 0.751. The molecule has 0 saturated carbocycles. The molecule has 0 aliphatic rings. The molecule has 2 aromatic rings. The Labute approximate surface area is 128 Å². The molecule has 2 rings (SSSR count). The molecule has 0 atom stereocenters. The van der Waals surface area contributed by atoms with Crippen molar-refractivity contribution in [3.8, 4) is 0 Å². The molecule has 20 heavy (non-hydrogen) atoms. The Kier molecular flexibility index (Phi) is 4.60. The summed E-state index contributed by atoms with van der Waals surface area (Å²) in [6, 6.07) is 6.21. The Bertz CT molecular complexity index is 605. The van der Waals surface area contributed by atoms with Gasteiger partial charge in [0.05, 0.1) is 0 Å². The van der Waals surface area contributed by atoms with Crippen LogP contribution in [-0.2, 0) is 0 Å². The zero-order valence-corrected chi connectivity index (χ0v) is 13.8. The van der Waals surface area contributed by atoms with E-state index in [1.54, 1.807) is 0 Å². The van der Waals surface area contributed by atoms with Crippen LogP contribution >= 0.6 is 15.9 Å². The van der Waals surface area contributed by atoms with Gasteiger partial charge in [0.1, 0.15) is 17.5 Å². The first-order valence-electron chi connectivity index (χ1n) is 6.63. The van der Waals surface area contributed by atoms with E-state index in [9.17, 15) is 0 Å². The van der Waals surface area contributed by atoms with Crippen LogP contribution in [-0.4, -0.2) is 16.5 Å². The van der Waals surface area contributed by atoms with Gasteiger partial charge >= 0.3 is 0 Å². The Morgan fingerprint density at radius 3 is 2.40 bits per heavy atom. The molecule has 5 heteroatoms. The molecule has 0 fully saturated rings. The van der Waals surface area contributed by atoms with Crippen LogP contribution < -0.4 is 10.6 Å². The maximum atomic E-state index is 4.49. The molecule has 1 aromatic heterocycles. The number of nitrogens with zero attached hydrogens (tertiary/aromatic N) is 2. The summed E-state index contributed by atoms with van der Waals surface area (Å²) < 4.78 is 1.05. The summed E-state index contributed by atoms with van der Waals surface area (Å²) in [5, 5.41) is 6.64. The Morgan fingerprint density at radius 2 is 1.75 bits per heavy atom. The van der Waals surface area contributed by atoms with Gasteiger partial charge in [-0.15, -0.1) is 0 Å². The van der Waals surface area contributed by atoms with Gasteiger partial charge in [-0.2, -0.15) is 0 Å². The second-order valence-electron chi connectivity index (χ2n) is 4.77. The SMILES string of the molecule is CCNc1nc(C)nc(Nc2cc(C)cc(Br)c2)c1C. The van der Waals surface area contributed by atoms with Gasteiger partial charge in [0, 0.05) is 22.3 Å². The lowest BCUT2D eigenvalue weighted by Gasteiger charge is -2.14. The van der Waals surface area contributed by atoms with E-state index in [-0.39, 0.29) is 0 Å². The quantitative estimate of drug-likeness (QED) is 0.873. The molecule has 0 aliphatic heterocycles. The molecule has 0 unspecified atom stereocenters. The standard InChI is InChI=1S/C15H19BrN4/c1-5-17-14-10(3)15(19-11(4)18-14)20-13-7-9(2)6-12(16)8-13/h6-8H,5H2,1-4H3,(H2,17,18,19,20). The van der Waals surface area contributed by atoms with Crippen LogP contribution in [0.1, 0.15) is 23.9 Å². The molecule has 1 aromatic carbocycles. The molecule has 0 saturated heterocycles. The summed E-state index contributed by atoms with van der Waals surface area (Å²) in [7, 11) is 0. The number of rotatable bonds is 4. The summed E-state index contributed by atoms with van der Waals surface area (Å²) in [6.07, 6.45) is 0. The summed E-state index contributed by atoms with van der Waals surface area (Å²) in [5.74, 6) is 2.47. The van der Waals surface area contributed by atoms with E-state index in [0.29, 0.717) is 0 Å². The van der Waals surface area contributed by atoms with Crippen molar-refractivity contribution in [3.05, 3.63) is 39.6 Å². The average Bonchev–Trinajstić information content (AvgIpc) is 2.34. The zero-order chi connectivity index (χ0) is 14.7. The van der Waals surface area contributed by atoms with Crippen molar-refractivity contribution in [1.29, 1.82) is 0 Å². The van der Waals surface area contributed by atoms with E-state index in [1.165, 1.54) is 5.56 Å². The molecule has 4 nitrogen and oxygen atoms in total. The number of halogens is 1. The smallest absolute Gasteiger partial charge is 0.139 e. The minimum atomic E-state index is 0.751. The van der Waals surface area contributed by atoms with E-state index in [1.807, 2.05) is 19.9 Å². The fraction of sp³-hybridized carbons (Fsp3) is 0.333. The Hall–Kier alpha value is -1.62. The summed E-state index contributed by atoms with van der Waals surface area (Å²) in [6.45, 7) is 8.88. The van der Waals surface area contributed by atoms with Crippen LogP contribution in [0.3, 0.4) is 0 Å². The number of anilines is 3. The highest BCUT2D eigenvalue weighted by atomic mass is 79.9. The van der Waals surface area contributed by atoms with E-state index in [0.717, 1.165) is 39.7 Å². The van der Waals surface area contributed by atoms with Crippen LogP contribution in [0, 0.1) is 20.8 Å². The number of benzene rings is 1. The van der Waals surface area contributed by atoms with Gasteiger partial charge in [0.25, 0.3) is 0 Å². The predicted molar refractivity (Wildman–Crippen MR) is 87.8 cm³/mol. The van der Waals surface area contributed by atoms with Crippen molar-refractivity contribution in [1.82, 2.24) is 9.97 Å². The minimum Gasteiger partial charge on any atom is -0.370 e. The van der Waals surface area contributed by atoms with Crippen LogP contribution in [0.5, 0.6) is 0 Å². The first-order chi connectivity index (χ1) is 9.49. The van der Waals surface area contributed by atoms with Crippen molar-refractivity contribution in [3.63, 3.8) is 0 Å². The van der Waals surface area contributed by atoms with Gasteiger partial charge < -0.3 is 10.6 Å². The molecular formula is C15H19BrN4. The first kappa shape index (κ1) is 14.8. The fourth-order valence-corrected chi connectivity index (χ4v) is 2.64. The summed E-state index contributed by atoms with van der Waals surface area (Å²) >= 11 is 3.51. The third kappa shape index (κ3) is 3.48. The largest absolute Gasteiger partial charge is 0.370 e. The van der Waals surface area contributed by atoms with E-state index >= 15 is 0 Å². The van der Waals surface area contributed by atoms with Crippen molar-refractivity contribution >= 4 is 33.3 Å². The fourth-order valence-electron chi connectivity index (χ4n) is 2.03. The molecule has 0 aliphatic carbocycles. The van der Waals surface area contributed by atoms with E-state index in [4.69, 9.17) is 0 Å². The number of aryl methyl sites for hydroxylation is 2. The van der Waals surface area contributed by atoms with Gasteiger partial charge in [-0.1, -0.05) is 15.9 Å². The van der Waals surface area contributed by atoms with Gasteiger partial charge in [-0.3, -0.25) is 0 Å². The average molecular weight is 335 g/mol. The third-order valence-electron chi connectivity index (χ3n) is 2.91. The lowest BCUT2D eigenvalue weighted by Crippen LogP contribution is -2.07. The van der Waals surface area contributed by atoms with Crippen LogP contribution in [0.15, 0.2) is 22.7 Å². The van der Waals surface area contributed by atoms with E-state index in [2.05, 4.69) is 62.5 Å². The van der Waals surface area contributed by atoms with Crippen molar-refractivity contribution in [2.75, 3.05) is 17.2 Å². The Morgan fingerprint density at radius 1 is 1.05 bits per heavy atom. The summed E-state index contributed by atoms with van der Waals surface area (Å²) in [5.41, 5.74) is 3.23. The molecule has 0 spiro atoms. The maximum absolute atomic E-state index is 4.49. The molecule has 1 heterocycles. The maximum Gasteiger partial charge on any atom is 0.139 e. The number of nitrogens with one attached hydrogen (secondary N) is 2. The zero-order valence-electron chi connectivity index (χ0n) is 12.2. The van der Waals surface area contributed by atoms with Crippen LogP contribution in [0.4, 0.5) is 17.3 Å². The molecule has 0 bridgehead atoms. The third-order valence-corrected chi connectivity index (χ3v) is 3.36. The second kappa shape index (κ2) is 6.22. The molecule has 106 valence electrons. The van der Waals surface area contributed by atoms with Crippen LogP contribution in [0.25, 0.3) is 0 Å². The van der Waals surface area contributed by atoms with E-state index < -0.39 is 0 Å². The first-order valence-corrected chi connectivity index (χ1v) is 7.42. The van der Waals surface area contributed by atoms with Crippen LogP contribution in [0.2, 0.25) is 0 Å². The second-order valence-corrected chi connectivity index (χ2v) is 5.68. The van der Waals surface area contributed by atoms with Crippen molar-refractivity contribution in [2.24, 2.45) is 0 Å². The van der Waals surface area contributed by atoms with Crippen molar-refractivity contribution in [2.45, 2.75) is 27.7 Å². The molecule has 0 radical (unpaired) electrons. The number of hydrogen-bond donors (Lipinski definition) is 2. The Balaban J connectivity index is 2.37.